The molecule has 222 valence electrons. The van der Waals surface area contributed by atoms with E-state index in [4.69, 9.17) is 5.73 Å². The normalized spacial score (nSPS) is 15.3. The Balaban J connectivity index is 0.000000844. The van der Waals surface area contributed by atoms with E-state index >= 15 is 0 Å². The van der Waals surface area contributed by atoms with Crippen molar-refractivity contribution in [3.63, 3.8) is 0 Å². The van der Waals surface area contributed by atoms with Gasteiger partial charge in [0, 0.05) is 44.4 Å². The van der Waals surface area contributed by atoms with Crippen LogP contribution in [0.3, 0.4) is 0 Å². The second kappa shape index (κ2) is 21.6. The highest BCUT2D eigenvalue weighted by atomic mass is 16.2. The van der Waals surface area contributed by atoms with Crippen molar-refractivity contribution in [3.05, 3.63) is 89.8 Å². The molecule has 0 aliphatic carbocycles. The second-order valence-electron chi connectivity index (χ2n) is 9.55. The molecular weight excluding hydrogens is 494 g/mol. The Morgan fingerprint density at radius 3 is 2.30 bits per heavy atom. The summed E-state index contributed by atoms with van der Waals surface area (Å²) in [7, 11) is 5.43. The van der Waals surface area contributed by atoms with Gasteiger partial charge in [0.25, 0.3) is 5.91 Å². The SMILES string of the molecule is C=C(/C=C(\C)CN1CCCCC1C)/C(=C\CNC)c1ccc(N)cn1.CC.CC.CN(C)C(=O)c1ccccc1. The zero-order chi connectivity index (χ0) is 30.5. The Morgan fingerprint density at radius 1 is 1.12 bits per heavy atom. The van der Waals surface area contributed by atoms with E-state index in [9.17, 15) is 4.79 Å². The number of carbonyl (C=O) groups is 1. The van der Waals surface area contributed by atoms with E-state index in [1.165, 1.54) is 31.4 Å². The molecule has 3 rings (SSSR count). The molecule has 1 saturated heterocycles. The molecule has 1 unspecified atom stereocenters. The number of amides is 1. The van der Waals surface area contributed by atoms with E-state index in [-0.39, 0.29) is 5.91 Å². The number of nitrogens with one attached hydrogen (secondary N) is 1. The molecule has 6 nitrogen and oxygen atoms in total. The Labute approximate surface area is 245 Å². The van der Waals surface area contributed by atoms with Gasteiger partial charge in [0.2, 0.25) is 0 Å². The number of allylic oxidation sites excluding steroid dienone is 3. The Morgan fingerprint density at radius 2 is 1.77 bits per heavy atom. The lowest BCUT2D eigenvalue weighted by Gasteiger charge is -2.33. The zero-order valence-corrected chi connectivity index (χ0v) is 26.6. The molecule has 2 heterocycles. The maximum absolute atomic E-state index is 11.3. The summed E-state index contributed by atoms with van der Waals surface area (Å²) in [6.07, 6.45) is 9.99. The van der Waals surface area contributed by atoms with Crippen LogP contribution >= 0.6 is 0 Å². The molecule has 1 aromatic carbocycles. The number of nitrogens with two attached hydrogens (primary N) is 1. The number of anilines is 1. The van der Waals surface area contributed by atoms with Crippen LogP contribution in [0.5, 0.6) is 0 Å². The van der Waals surface area contributed by atoms with Crippen LogP contribution in [0.2, 0.25) is 0 Å². The van der Waals surface area contributed by atoms with Crippen molar-refractivity contribution >= 4 is 17.2 Å². The minimum absolute atomic E-state index is 0.0469. The van der Waals surface area contributed by atoms with Crippen LogP contribution in [-0.4, -0.2) is 67.5 Å². The maximum atomic E-state index is 11.3. The van der Waals surface area contributed by atoms with Crippen molar-refractivity contribution in [1.82, 2.24) is 20.1 Å². The summed E-state index contributed by atoms with van der Waals surface area (Å²) in [5.74, 6) is 0.0469. The van der Waals surface area contributed by atoms with Gasteiger partial charge >= 0.3 is 0 Å². The van der Waals surface area contributed by atoms with Crippen LogP contribution in [0.15, 0.2) is 78.5 Å². The van der Waals surface area contributed by atoms with E-state index in [0.29, 0.717) is 11.7 Å². The standard InChI is InChI=1S/C21H32N4.C9H11NO.2C2H6/c1-16(15-25-12-6-5-7-18(25)3)13-17(2)20(10-11-23-4)21-9-8-19(22)14-24-21;1-10(2)9(11)8-6-4-3-5-7-8;2*1-2/h8-10,13-14,18,23H,2,5-7,11-12,15,22H2,1,3-4H3;3-7H,1-2H3;2*1-2H3/b16-13+,20-10+;;;. The number of nitrogens with zero attached hydrogens (tertiary/aromatic N) is 3. The Bertz CT molecular complexity index is 1030. The number of likely N-dealkylation sites (N-methyl/N-ethyl adjacent to an activating group) is 1. The van der Waals surface area contributed by atoms with Crippen molar-refractivity contribution in [1.29, 1.82) is 0 Å². The molecule has 1 atom stereocenters. The molecule has 0 saturated carbocycles. The zero-order valence-electron chi connectivity index (χ0n) is 26.6. The Kier molecular flexibility index (Phi) is 19.8. The number of hydrogen-bond acceptors (Lipinski definition) is 5. The average Bonchev–Trinajstić information content (AvgIpc) is 2.98. The van der Waals surface area contributed by atoms with Crippen LogP contribution in [0.4, 0.5) is 5.69 Å². The van der Waals surface area contributed by atoms with Gasteiger partial charge in [-0.2, -0.15) is 0 Å². The van der Waals surface area contributed by atoms with Crippen molar-refractivity contribution in [2.24, 2.45) is 0 Å². The molecule has 0 bridgehead atoms. The summed E-state index contributed by atoms with van der Waals surface area (Å²) >= 11 is 0. The van der Waals surface area contributed by atoms with Crippen LogP contribution in [-0.2, 0) is 0 Å². The minimum atomic E-state index is 0.0469. The van der Waals surface area contributed by atoms with Crippen LogP contribution in [0.1, 0.15) is 76.9 Å². The fraction of sp³-hybridized carbons (Fsp3) is 0.471. The summed E-state index contributed by atoms with van der Waals surface area (Å²) in [5, 5.41) is 3.16. The summed E-state index contributed by atoms with van der Waals surface area (Å²) in [4.78, 5) is 19.9. The van der Waals surface area contributed by atoms with Gasteiger partial charge in [-0.15, -0.1) is 0 Å². The summed E-state index contributed by atoms with van der Waals surface area (Å²) in [6, 6.07) is 13.7. The fourth-order valence-electron chi connectivity index (χ4n) is 4.14. The molecule has 0 spiro atoms. The van der Waals surface area contributed by atoms with Crippen molar-refractivity contribution < 1.29 is 4.79 Å². The lowest BCUT2D eigenvalue weighted by Crippen LogP contribution is -2.38. The minimum Gasteiger partial charge on any atom is -0.397 e. The van der Waals surface area contributed by atoms with Crippen LogP contribution in [0.25, 0.3) is 5.57 Å². The van der Waals surface area contributed by atoms with E-state index in [1.807, 2.05) is 77.2 Å². The van der Waals surface area contributed by atoms with E-state index in [0.717, 1.165) is 35.5 Å². The summed E-state index contributed by atoms with van der Waals surface area (Å²) in [5.41, 5.74) is 11.5. The van der Waals surface area contributed by atoms with E-state index < -0.39 is 0 Å². The number of rotatable bonds is 8. The molecule has 0 radical (unpaired) electrons. The summed E-state index contributed by atoms with van der Waals surface area (Å²) < 4.78 is 0. The number of nitrogen functional groups attached to an aromatic ring is 1. The monoisotopic (exact) mass is 549 g/mol. The lowest BCUT2D eigenvalue weighted by atomic mass is 9.99. The lowest BCUT2D eigenvalue weighted by molar-refractivity contribution is 0.0827. The third kappa shape index (κ3) is 13.7. The fourth-order valence-corrected chi connectivity index (χ4v) is 4.14. The van der Waals surface area contributed by atoms with Crippen molar-refractivity contribution in [2.75, 3.05) is 46.5 Å². The van der Waals surface area contributed by atoms with Crippen LogP contribution in [0, 0.1) is 0 Å². The predicted molar refractivity (Wildman–Crippen MR) is 175 cm³/mol. The highest BCUT2D eigenvalue weighted by Crippen LogP contribution is 2.24. The molecule has 1 fully saturated rings. The van der Waals surface area contributed by atoms with E-state index in [2.05, 4.69) is 47.8 Å². The van der Waals surface area contributed by atoms with Gasteiger partial charge in [0.15, 0.2) is 0 Å². The highest BCUT2D eigenvalue weighted by Gasteiger charge is 2.18. The van der Waals surface area contributed by atoms with Gasteiger partial charge < -0.3 is 16.0 Å². The number of piperidine rings is 1. The van der Waals surface area contributed by atoms with Gasteiger partial charge in [0.1, 0.15) is 0 Å². The molecule has 1 aliphatic rings. The topological polar surface area (TPSA) is 74.5 Å². The molecule has 1 aromatic heterocycles. The summed E-state index contributed by atoms with van der Waals surface area (Å²) in [6.45, 7) is 19.8. The smallest absolute Gasteiger partial charge is 0.253 e. The number of carbonyl (C=O) groups excluding carboxylic acids is 1. The van der Waals surface area contributed by atoms with Gasteiger partial charge in [-0.1, -0.05) is 76.6 Å². The third-order valence-corrected chi connectivity index (χ3v) is 6.16. The third-order valence-electron chi connectivity index (χ3n) is 6.16. The molecule has 40 heavy (non-hydrogen) atoms. The van der Waals surface area contributed by atoms with Crippen LogP contribution < -0.4 is 11.1 Å². The van der Waals surface area contributed by atoms with Gasteiger partial charge in [-0.05, 0) is 70.1 Å². The molecule has 2 aromatic rings. The van der Waals surface area contributed by atoms with Gasteiger partial charge in [0.05, 0.1) is 17.6 Å². The molecule has 6 heteroatoms. The number of likely N-dealkylation sites (tertiary alicyclic amines) is 1. The van der Waals surface area contributed by atoms with E-state index in [1.54, 1.807) is 25.2 Å². The maximum Gasteiger partial charge on any atom is 0.253 e. The van der Waals surface area contributed by atoms with Crippen molar-refractivity contribution in [2.45, 2.75) is 66.8 Å². The quantitative estimate of drug-likeness (QED) is 0.344. The first-order valence-electron chi connectivity index (χ1n) is 14.7. The first-order chi connectivity index (χ1) is 19.2. The molecule has 1 amide bonds. The largest absolute Gasteiger partial charge is 0.397 e. The van der Waals surface area contributed by atoms with Gasteiger partial charge in [-0.25, -0.2) is 0 Å². The average molecular weight is 550 g/mol. The predicted octanol–water partition coefficient (Wildman–Crippen LogP) is 7.08. The first-order valence-corrected chi connectivity index (χ1v) is 14.7. The Hall–Kier alpha value is -3.22. The highest BCUT2D eigenvalue weighted by molar-refractivity contribution is 5.93. The second-order valence-corrected chi connectivity index (χ2v) is 9.55. The molecule has 1 aliphatic heterocycles. The number of aromatic nitrogens is 1. The number of benzene rings is 1. The molecule has 3 N–H and O–H groups in total. The number of hydrogen-bond donors (Lipinski definition) is 2. The molecular formula is C34H55N5O. The van der Waals surface area contributed by atoms with Gasteiger partial charge in [-0.3, -0.25) is 14.7 Å². The first kappa shape index (κ1) is 36.8. The van der Waals surface area contributed by atoms with Crippen molar-refractivity contribution in [3.8, 4) is 0 Å². The number of pyridine rings is 1.